The van der Waals surface area contributed by atoms with Gasteiger partial charge in [0.25, 0.3) is 0 Å². The third-order valence-corrected chi connectivity index (χ3v) is 3.93. The maximum atomic E-state index is 13.2. The Hall–Kier alpha value is -0.870. The molecule has 0 saturated carbocycles. The van der Waals surface area contributed by atoms with Crippen molar-refractivity contribution in [2.24, 2.45) is 0 Å². The van der Waals surface area contributed by atoms with E-state index in [0.717, 1.165) is 15.7 Å². The number of nitrogens with one attached hydrogen (secondary N) is 1. The molecule has 0 aliphatic heterocycles. The third kappa shape index (κ3) is 3.80. The van der Waals surface area contributed by atoms with E-state index in [4.69, 9.17) is 0 Å². The van der Waals surface area contributed by atoms with E-state index in [1.54, 1.807) is 12.1 Å². The van der Waals surface area contributed by atoms with Crippen LogP contribution in [-0.4, -0.2) is 0 Å². The second-order valence-electron chi connectivity index (χ2n) is 4.56. The van der Waals surface area contributed by atoms with Gasteiger partial charge < -0.3 is 5.32 Å². The number of halogens is 3. The monoisotopic (exact) mass is 385 g/mol. The van der Waals surface area contributed by atoms with Gasteiger partial charge in [-0.1, -0.05) is 22.0 Å². The Kier molecular flexibility index (Phi) is 4.63. The number of anilines is 1. The summed E-state index contributed by atoms with van der Waals surface area (Å²) in [5.41, 5.74) is 3.26. The lowest BCUT2D eigenvalue weighted by atomic mass is 10.1. The Balaban J connectivity index is 2.20. The lowest BCUT2D eigenvalue weighted by Crippen LogP contribution is -2.07. The van der Waals surface area contributed by atoms with Gasteiger partial charge in [0.05, 0.1) is 4.47 Å². The van der Waals surface area contributed by atoms with Crippen LogP contribution in [0.2, 0.25) is 0 Å². The summed E-state index contributed by atoms with van der Waals surface area (Å²) in [5, 5.41) is 3.41. The molecule has 2 aromatic carbocycles. The zero-order valence-corrected chi connectivity index (χ0v) is 13.8. The average molecular weight is 387 g/mol. The fourth-order valence-corrected chi connectivity index (χ4v) is 2.94. The van der Waals surface area contributed by atoms with Gasteiger partial charge in [0.2, 0.25) is 0 Å². The SMILES string of the molecule is Cc1cc(Br)cc(NC(C)c2ccc(F)c(Br)c2)c1. The van der Waals surface area contributed by atoms with Gasteiger partial charge >= 0.3 is 0 Å². The van der Waals surface area contributed by atoms with Crippen LogP contribution in [0.15, 0.2) is 45.3 Å². The maximum Gasteiger partial charge on any atom is 0.137 e. The van der Waals surface area contributed by atoms with Gasteiger partial charge in [0, 0.05) is 16.2 Å². The summed E-state index contributed by atoms with van der Waals surface area (Å²) < 4.78 is 14.8. The summed E-state index contributed by atoms with van der Waals surface area (Å²) >= 11 is 6.70. The van der Waals surface area contributed by atoms with Crippen LogP contribution in [0, 0.1) is 12.7 Å². The first kappa shape index (κ1) is 14.5. The van der Waals surface area contributed by atoms with Gasteiger partial charge in [0.15, 0.2) is 0 Å². The van der Waals surface area contributed by atoms with E-state index in [0.29, 0.717) is 4.47 Å². The molecule has 0 aliphatic rings. The fourth-order valence-electron chi connectivity index (χ4n) is 1.93. The number of hydrogen-bond acceptors (Lipinski definition) is 1. The molecule has 19 heavy (non-hydrogen) atoms. The molecule has 4 heteroatoms. The lowest BCUT2D eigenvalue weighted by molar-refractivity contribution is 0.619. The highest BCUT2D eigenvalue weighted by Gasteiger charge is 2.08. The van der Waals surface area contributed by atoms with Crippen molar-refractivity contribution < 1.29 is 4.39 Å². The molecule has 1 N–H and O–H groups in total. The molecule has 1 atom stereocenters. The van der Waals surface area contributed by atoms with E-state index < -0.39 is 0 Å². The molecule has 0 aromatic heterocycles. The highest BCUT2D eigenvalue weighted by molar-refractivity contribution is 9.10. The number of aryl methyl sites for hydroxylation is 1. The largest absolute Gasteiger partial charge is 0.378 e. The van der Waals surface area contributed by atoms with E-state index in [9.17, 15) is 4.39 Å². The summed E-state index contributed by atoms with van der Waals surface area (Å²) in [6.07, 6.45) is 0. The highest BCUT2D eigenvalue weighted by atomic mass is 79.9. The molecular formula is C15H14Br2FN. The van der Waals surface area contributed by atoms with Crippen LogP contribution in [0.1, 0.15) is 24.1 Å². The quantitative estimate of drug-likeness (QED) is 0.699. The average Bonchev–Trinajstić information content (AvgIpc) is 2.31. The molecule has 1 nitrogen and oxygen atoms in total. The zero-order valence-electron chi connectivity index (χ0n) is 10.7. The summed E-state index contributed by atoms with van der Waals surface area (Å²) in [7, 11) is 0. The third-order valence-electron chi connectivity index (χ3n) is 2.87. The summed E-state index contributed by atoms with van der Waals surface area (Å²) in [4.78, 5) is 0. The summed E-state index contributed by atoms with van der Waals surface area (Å²) in [5.74, 6) is -0.241. The van der Waals surface area contributed by atoms with Crippen LogP contribution in [-0.2, 0) is 0 Å². The molecule has 0 fully saturated rings. The van der Waals surface area contributed by atoms with Crippen molar-refractivity contribution in [2.75, 3.05) is 5.32 Å². The van der Waals surface area contributed by atoms with Crippen molar-refractivity contribution in [3.63, 3.8) is 0 Å². The van der Waals surface area contributed by atoms with Crippen molar-refractivity contribution in [3.05, 3.63) is 62.3 Å². The Morgan fingerprint density at radius 3 is 2.47 bits per heavy atom. The highest BCUT2D eigenvalue weighted by Crippen LogP contribution is 2.26. The Morgan fingerprint density at radius 1 is 1.11 bits per heavy atom. The molecular weight excluding hydrogens is 373 g/mol. The minimum atomic E-state index is -0.241. The van der Waals surface area contributed by atoms with Crippen LogP contribution in [0.4, 0.5) is 10.1 Å². The Morgan fingerprint density at radius 2 is 1.84 bits per heavy atom. The van der Waals surface area contributed by atoms with Crippen LogP contribution in [0.5, 0.6) is 0 Å². The van der Waals surface area contributed by atoms with Crippen LogP contribution in [0.3, 0.4) is 0 Å². The van der Waals surface area contributed by atoms with Crippen molar-refractivity contribution in [2.45, 2.75) is 19.9 Å². The summed E-state index contributed by atoms with van der Waals surface area (Å²) in [6, 6.07) is 11.3. The maximum absolute atomic E-state index is 13.2. The molecule has 0 bridgehead atoms. The van der Waals surface area contributed by atoms with Gasteiger partial charge in [-0.15, -0.1) is 0 Å². The second kappa shape index (κ2) is 6.06. The molecule has 2 rings (SSSR count). The summed E-state index contributed by atoms with van der Waals surface area (Å²) in [6.45, 7) is 4.10. The predicted octanol–water partition coefficient (Wildman–Crippen LogP) is 5.83. The minimum Gasteiger partial charge on any atom is -0.378 e. The topological polar surface area (TPSA) is 12.0 Å². The van der Waals surface area contributed by atoms with Gasteiger partial charge in [-0.05, 0) is 71.2 Å². The minimum absolute atomic E-state index is 0.102. The molecule has 0 heterocycles. The van der Waals surface area contributed by atoms with Gasteiger partial charge in [0.1, 0.15) is 5.82 Å². The Bertz CT molecular complexity index is 578. The smallest absolute Gasteiger partial charge is 0.137 e. The van der Waals surface area contributed by atoms with E-state index in [1.165, 1.54) is 11.6 Å². The standard InChI is InChI=1S/C15H14Br2FN/c1-9-5-12(16)8-13(6-9)19-10(2)11-3-4-15(18)14(17)7-11/h3-8,10,19H,1-2H3. The lowest BCUT2D eigenvalue weighted by Gasteiger charge is -2.17. The molecule has 0 radical (unpaired) electrons. The van der Waals surface area contributed by atoms with Crippen LogP contribution < -0.4 is 5.32 Å². The Labute approximate surface area is 129 Å². The normalized spacial score (nSPS) is 12.3. The van der Waals surface area contributed by atoms with Crippen molar-refractivity contribution in [1.29, 1.82) is 0 Å². The number of rotatable bonds is 3. The van der Waals surface area contributed by atoms with Crippen LogP contribution in [0.25, 0.3) is 0 Å². The van der Waals surface area contributed by atoms with Crippen molar-refractivity contribution in [3.8, 4) is 0 Å². The van der Waals surface area contributed by atoms with Crippen molar-refractivity contribution in [1.82, 2.24) is 0 Å². The van der Waals surface area contributed by atoms with Gasteiger partial charge in [-0.2, -0.15) is 0 Å². The first-order valence-electron chi connectivity index (χ1n) is 5.94. The second-order valence-corrected chi connectivity index (χ2v) is 6.33. The van der Waals surface area contributed by atoms with Crippen LogP contribution >= 0.6 is 31.9 Å². The molecule has 0 aliphatic carbocycles. The molecule has 0 amide bonds. The molecule has 2 aromatic rings. The molecule has 100 valence electrons. The van der Waals surface area contributed by atoms with E-state index >= 15 is 0 Å². The van der Waals surface area contributed by atoms with E-state index in [2.05, 4.69) is 63.2 Å². The molecule has 1 unspecified atom stereocenters. The first-order chi connectivity index (χ1) is 8.95. The predicted molar refractivity (Wildman–Crippen MR) is 85.0 cm³/mol. The fraction of sp³-hybridized carbons (Fsp3) is 0.200. The van der Waals surface area contributed by atoms with Gasteiger partial charge in [-0.25, -0.2) is 4.39 Å². The number of hydrogen-bond donors (Lipinski definition) is 1. The van der Waals surface area contributed by atoms with E-state index in [1.807, 2.05) is 6.07 Å². The first-order valence-corrected chi connectivity index (χ1v) is 7.53. The van der Waals surface area contributed by atoms with Gasteiger partial charge in [-0.3, -0.25) is 0 Å². The molecule has 0 saturated heterocycles. The number of benzene rings is 2. The zero-order chi connectivity index (χ0) is 14.0. The van der Waals surface area contributed by atoms with Crippen molar-refractivity contribution >= 4 is 37.5 Å². The van der Waals surface area contributed by atoms with E-state index in [-0.39, 0.29) is 11.9 Å². The molecule has 0 spiro atoms.